The summed E-state index contributed by atoms with van der Waals surface area (Å²) in [6.07, 6.45) is 4.17. The summed E-state index contributed by atoms with van der Waals surface area (Å²) in [5.41, 5.74) is 0.534. The van der Waals surface area contributed by atoms with Crippen LogP contribution < -0.4 is 0 Å². The highest BCUT2D eigenvalue weighted by atomic mass is 15.1. The van der Waals surface area contributed by atoms with E-state index < -0.39 is 0 Å². The van der Waals surface area contributed by atoms with Crippen molar-refractivity contribution in [2.24, 2.45) is 11.3 Å². The van der Waals surface area contributed by atoms with Gasteiger partial charge in [0, 0.05) is 6.54 Å². The van der Waals surface area contributed by atoms with Crippen molar-refractivity contribution >= 4 is 0 Å². The lowest BCUT2D eigenvalue weighted by Crippen LogP contribution is -2.29. The molecule has 1 aliphatic rings. The molecule has 0 spiro atoms. The Morgan fingerprint density at radius 1 is 1.42 bits per heavy atom. The van der Waals surface area contributed by atoms with Gasteiger partial charge in [0.25, 0.3) is 0 Å². The maximum atomic E-state index is 2.48. The molecule has 0 aromatic carbocycles. The molecule has 72 valence electrons. The van der Waals surface area contributed by atoms with Crippen LogP contribution in [0.5, 0.6) is 0 Å². The van der Waals surface area contributed by atoms with Gasteiger partial charge in [-0.3, -0.25) is 0 Å². The smallest absolute Gasteiger partial charge is 0.00297 e. The second kappa shape index (κ2) is 3.78. The largest absolute Gasteiger partial charge is 0.306 e. The third kappa shape index (κ3) is 2.78. The molecule has 1 nitrogen and oxygen atoms in total. The van der Waals surface area contributed by atoms with Crippen molar-refractivity contribution in [3.63, 3.8) is 0 Å². The van der Waals surface area contributed by atoms with Gasteiger partial charge in [-0.1, -0.05) is 27.2 Å². The first-order chi connectivity index (χ1) is 5.53. The molecule has 0 radical (unpaired) electrons. The average molecular weight is 169 g/mol. The van der Waals surface area contributed by atoms with E-state index in [1.807, 2.05) is 0 Å². The van der Waals surface area contributed by atoms with Crippen molar-refractivity contribution in [3.8, 4) is 0 Å². The number of rotatable bonds is 1. The van der Waals surface area contributed by atoms with E-state index in [9.17, 15) is 0 Å². The normalized spacial score (nSPS) is 31.5. The minimum Gasteiger partial charge on any atom is -0.306 e. The Morgan fingerprint density at radius 2 is 2.08 bits per heavy atom. The molecule has 0 N–H and O–H groups in total. The molecular formula is C11H23N. The van der Waals surface area contributed by atoms with Crippen molar-refractivity contribution in [3.05, 3.63) is 0 Å². The topological polar surface area (TPSA) is 3.24 Å². The summed E-state index contributed by atoms with van der Waals surface area (Å²) in [4.78, 5) is 2.48. The quantitative estimate of drug-likeness (QED) is 0.583. The Morgan fingerprint density at radius 3 is 2.67 bits per heavy atom. The number of hydrogen-bond donors (Lipinski definition) is 0. The number of nitrogens with zero attached hydrogens (tertiary/aromatic N) is 1. The van der Waals surface area contributed by atoms with E-state index in [0.29, 0.717) is 5.41 Å². The average Bonchev–Trinajstić information content (AvgIpc) is 2.07. The minimum absolute atomic E-state index is 0.534. The Kier molecular flexibility index (Phi) is 3.16. The van der Waals surface area contributed by atoms with E-state index in [1.165, 1.54) is 32.4 Å². The van der Waals surface area contributed by atoms with Gasteiger partial charge in [-0.05, 0) is 37.8 Å². The molecular weight excluding hydrogens is 146 g/mol. The summed E-state index contributed by atoms with van der Waals surface area (Å²) in [6.45, 7) is 9.69. The first kappa shape index (κ1) is 10.0. The molecule has 1 heteroatoms. The molecule has 1 unspecified atom stereocenters. The van der Waals surface area contributed by atoms with E-state index in [1.54, 1.807) is 0 Å². The van der Waals surface area contributed by atoms with E-state index >= 15 is 0 Å². The van der Waals surface area contributed by atoms with Crippen LogP contribution in [-0.4, -0.2) is 25.0 Å². The fourth-order valence-corrected chi connectivity index (χ4v) is 2.51. The van der Waals surface area contributed by atoms with Gasteiger partial charge in [-0.2, -0.15) is 0 Å². The van der Waals surface area contributed by atoms with Gasteiger partial charge in [0.05, 0.1) is 0 Å². The summed E-state index contributed by atoms with van der Waals surface area (Å²) in [5.74, 6) is 0.963. The zero-order valence-electron chi connectivity index (χ0n) is 9.06. The van der Waals surface area contributed by atoms with E-state index in [2.05, 4.69) is 32.7 Å². The predicted octanol–water partition coefficient (Wildman–Crippen LogP) is 2.76. The van der Waals surface area contributed by atoms with Crippen LogP contribution in [0.15, 0.2) is 0 Å². The van der Waals surface area contributed by atoms with Crippen LogP contribution in [0, 0.1) is 11.3 Å². The first-order valence-corrected chi connectivity index (χ1v) is 5.22. The van der Waals surface area contributed by atoms with Gasteiger partial charge >= 0.3 is 0 Å². The Balaban J connectivity index is 2.56. The third-order valence-electron chi connectivity index (χ3n) is 3.04. The molecule has 1 rings (SSSR count). The van der Waals surface area contributed by atoms with Crippen LogP contribution in [-0.2, 0) is 0 Å². The van der Waals surface area contributed by atoms with E-state index in [4.69, 9.17) is 0 Å². The lowest BCUT2D eigenvalue weighted by Gasteiger charge is -2.28. The van der Waals surface area contributed by atoms with Crippen LogP contribution in [0.2, 0.25) is 0 Å². The lowest BCUT2D eigenvalue weighted by molar-refractivity contribution is 0.218. The summed E-state index contributed by atoms with van der Waals surface area (Å²) < 4.78 is 0. The molecule has 1 fully saturated rings. The van der Waals surface area contributed by atoms with E-state index in [0.717, 1.165) is 5.92 Å². The van der Waals surface area contributed by atoms with Crippen molar-refractivity contribution in [1.29, 1.82) is 0 Å². The third-order valence-corrected chi connectivity index (χ3v) is 3.04. The fraction of sp³-hybridized carbons (Fsp3) is 1.00. The van der Waals surface area contributed by atoms with E-state index in [-0.39, 0.29) is 0 Å². The molecule has 0 amide bonds. The fourth-order valence-electron chi connectivity index (χ4n) is 2.51. The molecule has 0 aliphatic carbocycles. The van der Waals surface area contributed by atoms with Crippen LogP contribution in [0.25, 0.3) is 0 Å². The first-order valence-electron chi connectivity index (χ1n) is 5.22. The van der Waals surface area contributed by atoms with Crippen LogP contribution in [0.3, 0.4) is 0 Å². The van der Waals surface area contributed by atoms with Gasteiger partial charge in [-0.25, -0.2) is 0 Å². The second-order valence-corrected chi connectivity index (χ2v) is 5.17. The molecule has 0 bridgehead atoms. The zero-order chi connectivity index (χ0) is 9.19. The van der Waals surface area contributed by atoms with Gasteiger partial charge in [0.15, 0.2) is 0 Å². The Hall–Kier alpha value is -0.0400. The van der Waals surface area contributed by atoms with Crippen LogP contribution >= 0.6 is 0 Å². The number of likely N-dealkylation sites (tertiary alicyclic amines) is 1. The van der Waals surface area contributed by atoms with Crippen molar-refractivity contribution in [2.75, 3.05) is 20.1 Å². The van der Waals surface area contributed by atoms with Gasteiger partial charge in [-0.15, -0.1) is 0 Å². The summed E-state index contributed by atoms with van der Waals surface area (Å²) in [6, 6.07) is 0. The molecule has 1 atom stereocenters. The van der Waals surface area contributed by atoms with Gasteiger partial charge in [0.2, 0.25) is 0 Å². The maximum absolute atomic E-state index is 2.48. The molecule has 1 saturated heterocycles. The molecule has 1 aliphatic heterocycles. The molecule has 12 heavy (non-hydrogen) atoms. The van der Waals surface area contributed by atoms with Crippen molar-refractivity contribution in [1.82, 2.24) is 4.90 Å². The van der Waals surface area contributed by atoms with Gasteiger partial charge in [0.1, 0.15) is 0 Å². The Labute approximate surface area is 77.1 Å². The summed E-state index contributed by atoms with van der Waals surface area (Å²) >= 11 is 0. The standard InChI is InChI=1S/C11H23N/c1-5-10-6-7-12(4)9-11(2,3)8-10/h10H,5-9H2,1-4H3. The van der Waals surface area contributed by atoms with Crippen LogP contribution in [0.4, 0.5) is 0 Å². The van der Waals surface area contributed by atoms with Gasteiger partial charge < -0.3 is 4.90 Å². The predicted molar refractivity (Wildman–Crippen MR) is 54.3 cm³/mol. The van der Waals surface area contributed by atoms with Crippen LogP contribution in [0.1, 0.15) is 40.0 Å². The SMILES string of the molecule is CCC1CCN(C)CC(C)(C)C1. The maximum Gasteiger partial charge on any atom is 0.00297 e. The minimum atomic E-state index is 0.534. The summed E-state index contributed by atoms with van der Waals surface area (Å²) in [7, 11) is 2.25. The summed E-state index contributed by atoms with van der Waals surface area (Å²) in [5, 5.41) is 0. The molecule has 0 saturated carbocycles. The highest BCUT2D eigenvalue weighted by Crippen LogP contribution is 2.32. The molecule has 0 aromatic rings. The van der Waals surface area contributed by atoms with Crippen molar-refractivity contribution in [2.45, 2.75) is 40.0 Å². The Bertz CT molecular complexity index is 140. The monoisotopic (exact) mass is 169 g/mol. The lowest BCUT2D eigenvalue weighted by atomic mass is 9.82. The highest BCUT2D eigenvalue weighted by molar-refractivity contribution is 4.80. The van der Waals surface area contributed by atoms with Crippen molar-refractivity contribution < 1.29 is 0 Å². The second-order valence-electron chi connectivity index (χ2n) is 5.17. The molecule has 0 aromatic heterocycles. The molecule has 1 heterocycles. The zero-order valence-corrected chi connectivity index (χ0v) is 9.06. The number of hydrogen-bond acceptors (Lipinski definition) is 1. The highest BCUT2D eigenvalue weighted by Gasteiger charge is 2.27.